The Labute approximate surface area is 307 Å². The third-order valence-electron chi connectivity index (χ3n) is 12.8. The van der Waals surface area contributed by atoms with Crippen molar-refractivity contribution in [2.45, 2.75) is 125 Å². The zero-order valence-corrected chi connectivity index (χ0v) is 32.7. The molecule has 2 aromatic heterocycles. The van der Waals surface area contributed by atoms with E-state index in [1.165, 1.54) is 48.1 Å². The molecular weight excluding hydrogens is 621 g/mol. The molecule has 1 spiro atoms. The van der Waals surface area contributed by atoms with Crippen molar-refractivity contribution >= 4 is 33.0 Å². The quantitative estimate of drug-likeness (QED) is 0.182. The van der Waals surface area contributed by atoms with Crippen molar-refractivity contribution in [3.05, 3.63) is 95.6 Å². The topological polar surface area (TPSA) is 31.0 Å². The lowest BCUT2D eigenvalue weighted by atomic mass is 9.45. The Hall–Kier alpha value is -3.85. The van der Waals surface area contributed by atoms with Crippen molar-refractivity contribution in [3.63, 3.8) is 0 Å². The minimum absolute atomic E-state index is 0.204. The predicted octanol–water partition coefficient (Wildman–Crippen LogP) is 14.4. The summed E-state index contributed by atoms with van der Waals surface area (Å²) in [6.07, 6.45) is 7.36. The molecule has 0 N–H and O–H groups in total. The first-order valence-electron chi connectivity index (χ1n) is 20.0. The van der Waals surface area contributed by atoms with E-state index in [2.05, 4.69) is 147 Å². The molecule has 0 unspecified atom stereocenters. The van der Waals surface area contributed by atoms with Gasteiger partial charge in [-0.15, -0.1) is 0 Å². The number of benzene rings is 4. The van der Waals surface area contributed by atoms with Crippen LogP contribution in [0.25, 0.3) is 50.0 Å². The summed E-state index contributed by atoms with van der Waals surface area (Å²) < 4.78 is 19.8. The van der Waals surface area contributed by atoms with Crippen LogP contribution in [0.4, 0.5) is 0 Å². The van der Waals surface area contributed by atoms with Gasteiger partial charge in [0.25, 0.3) is 0 Å². The molecule has 2 heterocycles. The molecule has 0 aliphatic heterocycles. The van der Waals surface area contributed by atoms with Gasteiger partial charge in [0, 0.05) is 12.1 Å². The molecule has 0 bridgehead atoms. The van der Waals surface area contributed by atoms with E-state index in [9.17, 15) is 1.37 Å². The summed E-state index contributed by atoms with van der Waals surface area (Å²) in [5, 5.41) is 2.22. The SMILES string of the molecule is [2H]C1(c2cc(C(C)C)c(-n3c(-c4cccc5c4oc4ccccc45)nc4ccccc43)c(C(C)C)c2)C(C)(C)CC2(CCC(C)(C)CC2)CC1(C)C. The van der Waals surface area contributed by atoms with E-state index in [-0.39, 0.29) is 22.7 Å². The maximum absolute atomic E-state index is 10.8. The van der Waals surface area contributed by atoms with Crippen LogP contribution in [0.3, 0.4) is 0 Å². The average Bonchev–Trinajstić information content (AvgIpc) is 3.66. The summed E-state index contributed by atoms with van der Waals surface area (Å²) in [5.74, 6) is 0.593. The highest BCUT2D eigenvalue weighted by Gasteiger charge is 2.55. The molecule has 8 rings (SSSR count). The Bertz CT molecular complexity index is 2270. The van der Waals surface area contributed by atoms with E-state index in [4.69, 9.17) is 9.40 Å². The zero-order valence-electron chi connectivity index (χ0n) is 33.7. The number of aromatic nitrogens is 2. The summed E-state index contributed by atoms with van der Waals surface area (Å²) in [4.78, 5) is 5.38. The van der Waals surface area contributed by atoms with Crippen molar-refractivity contribution in [1.29, 1.82) is 0 Å². The van der Waals surface area contributed by atoms with Gasteiger partial charge in [0.2, 0.25) is 0 Å². The molecule has 2 aliphatic rings. The molecule has 266 valence electrons. The van der Waals surface area contributed by atoms with E-state index in [1.807, 2.05) is 6.07 Å². The number of imidazole rings is 1. The highest BCUT2D eigenvalue weighted by atomic mass is 16.3. The number of hydrogen-bond donors (Lipinski definition) is 0. The molecule has 3 nitrogen and oxygen atoms in total. The van der Waals surface area contributed by atoms with Crippen LogP contribution in [0.1, 0.15) is 144 Å². The van der Waals surface area contributed by atoms with Crippen LogP contribution >= 0.6 is 0 Å². The second kappa shape index (κ2) is 11.8. The van der Waals surface area contributed by atoms with Crippen molar-refractivity contribution in [3.8, 4) is 17.1 Å². The summed E-state index contributed by atoms with van der Waals surface area (Å²) in [5.41, 5.74) is 10.1. The van der Waals surface area contributed by atoms with Gasteiger partial charge in [-0.3, -0.25) is 4.57 Å². The number of furan rings is 1. The predicted molar refractivity (Wildman–Crippen MR) is 216 cm³/mol. The smallest absolute Gasteiger partial charge is 0.149 e. The Morgan fingerprint density at radius 3 is 1.96 bits per heavy atom. The maximum Gasteiger partial charge on any atom is 0.149 e. The molecule has 2 fully saturated rings. The number of nitrogens with zero attached hydrogens (tertiary/aromatic N) is 2. The summed E-state index contributed by atoms with van der Waals surface area (Å²) in [6, 6.07) is 28.2. The molecule has 0 amide bonds. The molecule has 4 aromatic carbocycles. The van der Waals surface area contributed by atoms with Gasteiger partial charge in [-0.05, 0) is 119 Å². The first kappa shape index (κ1) is 33.0. The fourth-order valence-electron chi connectivity index (χ4n) is 10.9. The standard InChI is InChI=1S/C48H58N2O/c1-30(2)36-26-32(43-46(7,8)28-48(29-47(43,9)10)24-22-45(5,6)23-25-48)27-37(31(3)4)41(36)50-39-20-13-12-19-38(39)49-44(50)35-18-15-17-34-33-16-11-14-21-40(33)51-42(34)35/h11-21,26-27,30-31,43H,22-25,28-29H2,1-10H3/i43D. The fraction of sp³-hybridized carbons (Fsp3) is 0.479. The first-order valence-corrected chi connectivity index (χ1v) is 19.5. The average molecular weight is 680 g/mol. The van der Waals surface area contributed by atoms with Crippen LogP contribution in [-0.4, -0.2) is 9.55 Å². The lowest BCUT2D eigenvalue weighted by molar-refractivity contribution is -0.0636. The number of rotatable bonds is 5. The summed E-state index contributed by atoms with van der Waals surface area (Å²) in [7, 11) is 0. The van der Waals surface area contributed by atoms with Crippen LogP contribution in [0, 0.1) is 21.7 Å². The normalized spacial score (nSPS) is 22.8. The Kier molecular flexibility index (Phi) is 7.66. The van der Waals surface area contributed by atoms with Gasteiger partial charge in [-0.25, -0.2) is 4.98 Å². The fourth-order valence-corrected chi connectivity index (χ4v) is 10.9. The maximum atomic E-state index is 10.8. The minimum Gasteiger partial charge on any atom is -0.455 e. The molecule has 2 saturated carbocycles. The first-order chi connectivity index (χ1) is 24.5. The number of fused-ring (bicyclic) bond motifs is 4. The van der Waals surface area contributed by atoms with Crippen molar-refractivity contribution < 1.29 is 5.79 Å². The van der Waals surface area contributed by atoms with Crippen molar-refractivity contribution in [2.75, 3.05) is 0 Å². The van der Waals surface area contributed by atoms with Gasteiger partial charge >= 0.3 is 0 Å². The molecule has 51 heavy (non-hydrogen) atoms. The Balaban J connectivity index is 1.36. The zero-order chi connectivity index (χ0) is 37.0. The molecule has 0 saturated heterocycles. The van der Waals surface area contributed by atoms with E-state index in [0.717, 1.165) is 57.2 Å². The van der Waals surface area contributed by atoms with E-state index < -0.39 is 5.89 Å². The van der Waals surface area contributed by atoms with Crippen LogP contribution in [-0.2, 0) is 0 Å². The molecule has 6 aromatic rings. The summed E-state index contributed by atoms with van der Waals surface area (Å²) in [6.45, 7) is 23.8. The van der Waals surface area contributed by atoms with Gasteiger partial charge in [0.1, 0.15) is 17.0 Å². The van der Waals surface area contributed by atoms with Crippen LogP contribution < -0.4 is 0 Å². The van der Waals surface area contributed by atoms with Gasteiger partial charge in [0.15, 0.2) is 0 Å². The van der Waals surface area contributed by atoms with Crippen LogP contribution in [0.2, 0.25) is 0 Å². The van der Waals surface area contributed by atoms with Crippen LogP contribution in [0.5, 0.6) is 0 Å². The Morgan fingerprint density at radius 2 is 1.31 bits per heavy atom. The molecule has 3 heteroatoms. The third kappa shape index (κ3) is 5.65. The van der Waals surface area contributed by atoms with E-state index in [0.29, 0.717) is 10.8 Å². The van der Waals surface area contributed by atoms with Gasteiger partial charge in [-0.2, -0.15) is 0 Å². The minimum atomic E-state index is -0.760. The lowest BCUT2D eigenvalue weighted by Gasteiger charge is -2.60. The van der Waals surface area contributed by atoms with Crippen LogP contribution in [0.15, 0.2) is 83.3 Å². The second-order valence-electron chi connectivity index (χ2n) is 19.0. The Morgan fingerprint density at radius 1 is 0.725 bits per heavy atom. The van der Waals surface area contributed by atoms with Crippen molar-refractivity contribution in [1.82, 2.24) is 9.55 Å². The number of hydrogen-bond acceptors (Lipinski definition) is 2. The highest BCUT2D eigenvalue weighted by molar-refractivity contribution is 6.09. The van der Waals surface area contributed by atoms with Gasteiger partial charge < -0.3 is 4.42 Å². The molecule has 0 atom stereocenters. The van der Waals surface area contributed by atoms with E-state index >= 15 is 0 Å². The third-order valence-corrected chi connectivity index (χ3v) is 12.8. The molecular formula is C48H58N2O. The number of para-hydroxylation sites is 4. The second-order valence-corrected chi connectivity index (χ2v) is 19.0. The van der Waals surface area contributed by atoms with Gasteiger partial charge in [0.05, 0.1) is 22.3 Å². The monoisotopic (exact) mass is 679 g/mol. The molecule has 2 aliphatic carbocycles. The van der Waals surface area contributed by atoms with E-state index in [1.54, 1.807) is 0 Å². The largest absolute Gasteiger partial charge is 0.455 e. The lowest BCUT2D eigenvalue weighted by Crippen LogP contribution is -2.49. The van der Waals surface area contributed by atoms with Gasteiger partial charge in [-0.1, -0.05) is 124 Å². The van der Waals surface area contributed by atoms with Crippen molar-refractivity contribution in [2.24, 2.45) is 21.7 Å². The molecule has 0 radical (unpaired) electrons. The highest BCUT2D eigenvalue weighted by Crippen LogP contribution is 2.66. The summed E-state index contributed by atoms with van der Waals surface area (Å²) >= 11 is 0.